The van der Waals surface area contributed by atoms with Crippen LogP contribution in [0.4, 0.5) is 0 Å². The highest BCUT2D eigenvalue weighted by Gasteiger charge is 2.19. The van der Waals surface area contributed by atoms with Crippen LogP contribution in [0.1, 0.15) is 191 Å². The quantitative estimate of drug-likeness (QED) is 0.0338. The van der Waals surface area contributed by atoms with E-state index in [2.05, 4.69) is 72.0 Å². The third-order valence-corrected chi connectivity index (χ3v) is 17.8. The minimum absolute atomic E-state index is 0.149. The van der Waals surface area contributed by atoms with Crippen molar-refractivity contribution in [2.75, 3.05) is 46.9 Å². The van der Waals surface area contributed by atoms with E-state index in [1.807, 2.05) is 274 Å². The summed E-state index contributed by atoms with van der Waals surface area (Å²) in [4.78, 5) is 0. The van der Waals surface area contributed by atoms with E-state index in [9.17, 15) is 0 Å². The second-order valence-corrected chi connectivity index (χ2v) is 27.6. The van der Waals surface area contributed by atoms with Crippen LogP contribution in [0.3, 0.4) is 0 Å². The van der Waals surface area contributed by atoms with Crippen LogP contribution in [-0.4, -0.2) is 90.8 Å². The van der Waals surface area contributed by atoms with E-state index in [0.717, 1.165) is 105 Å². The summed E-state index contributed by atoms with van der Waals surface area (Å²) in [5.74, 6) is 7.17. The van der Waals surface area contributed by atoms with Gasteiger partial charge in [-0.15, -0.1) is 0 Å². The van der Waals surface area contributed by atoms with Gasteiger partial charge in [-0.1, -0.05) is 276 Å². The number of hydrogen-bond donors (Lipinski definition) is 0. The zero-order valence-corrected chi connectivity index (χ0v) is 70.9. The molecule has 0 heterocycles. The van der Waals surface area contributed by atoms with Crippen molar-refractivity contribution in [1.82, 2.24) is 0 Å². The molecule has 8 aromatic rings. The summed E-state index contributed by atoms with van der Waals surface area (Å²) >= 11 is 0. The molecule has 0 bridgehead atoms. The molecule has 6 unspecified atom stereocenters. The van der Waals surface area contributed by atoms with Crippen molar-refractivity contribution in [1.29, 1.82) is 0 Å². The fraction of sp³-hybridized carbons (Fsp3) is 0.386. The van der Waals surface area contributed by atoms with Crippen LogP contribution in [0.5, 0.6) is 40.2 Å². The second kappa shape index (κ2) is 60.8. The molecule has 0 N–H and O–H groups in total. The molecule has 0 aliphatic heterocycles. The molecule has 2 fully saturated rings. The molecule has 2 aliphatic rings. The highest BCUT2D eigenvalue weighted by atomic mass is 16.7. The topological polar surface area (TPSA) is 129 Å². The van der Waals surface area contributed by atoms with Crippen molar-refractivity contribution in [2.45, 2.75) is 197 Å². The first-order chi connectivity index (χ1) is 55.9. The predicted octanol–water partition coefficient (Wildman–Crippen LogP) is 26.4. The molecule has 0 amide bonds. The first-order valence-electron chi connectivity index (χ1n) is 40.8. The van der Waals surface area contributed by atoms with Crippen LogP contribution >= 0.6 is 0 Å². The first kappa shape index (κ1) is 97.6. The molecule has 0 saturated heterocycles. The van der Waals surface area contributed by atoms with E-state index in [4.69, 9.17) is 66.3 Å². The number of benzene rings is 8. The molecule has 8 aromatic carbocycles. The Bertz CT molecular complexity index is 3790. The van der Waals surface area contributed by atoms with Crippen LogP contribution in [0.2, 0.25) is 0 Å². The lowest BCUT2D eigenvalue weighted by Crippen LogP contribution is -2.26. The summed E-state index contributed by atoms with van der Waals surface area (Å²) in [5, 5.41) is 0. The minimum atomic E-state index is -0.256. The molecule has 6 atom stereocenters. The summed E-state index contributed by atoms with van der Waals surface area (Å²) in [6, 6.07) is 64.9. The largest absolute Gasteiger partial charge is 0.468 e. The third-order valence-electron chi connectivity index (χ3n) is 17.8. The lowest BCUT2D eigenvalue weighted by Gasteiger charge is -2.26. The number of methoxy groups -OCH3 is 1. The van der Waals surface area contributed by atoms with Gasteiger partial charge in [-0.2, -0.15) is 0 Å². The number of rotatable bonds is 40. The molecular formula is C101H134O14. The van der Waals surface area contributed by atoms with Crippen LogP contribution in [0.15, 0.2) is 246 Å². The Labute approximate surface area is 691 Å². The van der Waals surface area contributed by atoms with Crippen molar-refractivity contribution in [2.24, 2.45) is 11.8 Å². The maximum absolute atomic E-state index is 5.91. The number of hydrogen-bond acceptors (Lipinski definition) is 14. The van der Waals surface area contributed by atoms with Gasteiger partial charge in [0.05, 0.1) is 25.9 Å². The van der Waals surface area contributed by atoms with Gasteiger partial charge in [-0.25, -0.2) is 0 Å². The van der Waals surface area contributed by atoms with Crippen LogP contribution in [0, 0.1) is 11.8 Å². The minimum Gasteiger partial charge on any atom is -0.468 e. The molecule has 0 radical (unpaired) electrons. The third kappa shape index (κ3) is 45.2. The molecule has 115 heavy (non-hydrogen) atoms. The van der Waals surface area contributed by atoms with Crippen molar-refractivity contribution < 1.29 is 66.3 Å². The summed E-state index contributed by atoms with van der Waals surface area (Å²) in [5.41, 5.74) is 8.90. The van der Waals surface area contributed by atoms with Crippen molar-refractivity contribution in [3.05, 3.63) is 291 Å². The lowest BCUT2D eigenvalue weighted by molar-refractivity contribution is -0.116. The van der Waals surface area contributed by atoms with Crippen molar-refractivity contribution in [3.8, 4) is 40.2 Å². The Kier molecular flexibility index (Phi) is 51.6. The normalized spacial score (nSPS) is 13.8. The van der Waals surface area contributed by atoms with Gasteiger partial charge in [-0.05, 0) is 215 Å². The van der Waals surface area contributed by atoms with Gasteiger partial charge in [0.2, 0.25) is 0 Å². The summed E-state index contributed by atoms with van der Waals surface area (Å²) in [6.07, 6.45) is 28.0. The fourth-order valence-electron chi connectivity index (χ4n) is 11.5. The van der Waals surface area contributed by atoms with E-state index in [-0.39, 0.29) is 44.5 Å². The molecule has 2 saturated carbocycles. The Morgan fingerprint density at radius 2 is 0.661 bits per heavy atom. The predicted molar refractivity (Wildman–Crippen MR) is 479 cm³/mol. The van der Waals surface area contributed by atoms with E-state index >= 15 is 0 Å². The maximum Gasteiger partial charge on any atom is 0.199 e. The van der Waals surface area contributed by atoms with Gasteiger partial charge >= 0.3 is 0 Å². The van der Waals surface area contributed by atoms with Crippen molar-refractivity contribution in [3.63, 3.8) is 0 Å². The van der Waals surface area contributed by atoms with E-state index in [1.54, 1.807) is 19.3 Å². The molecule has 2 aliphatic carbocycles. The zero-order chi connectivity index (χ0) is 83.5. The molecule has 14 nitrogen and oxygen atoms in total. The van der Waals surface area contributed by atoms with E-state index < -0.39 is 0 Å². The van der Waals surface area contributed by atoms with Crippen LogP contribution < -0.4 is 33.2 Å². The van der Waals surface area contributed by atoms with Gasteiger partial charge < -0.3 is 66.3 Å². The summed E-state index contributed by atoms with van der Waals surface area (Å²) < 4.78 is 77.4. The lowest BCUT2D eigenvalue weighted by atomic mass is 9.87. The van der Waals surface area contributed by atoms with Crippen LogP contribution in [-0.2, 0) is 39.6 Å². The highest BCUT2D eigenvalue weighted by molar-refractivity contribution is 5.52. The van der Waals surface area contributed by atoms with Crippen molar-refractivity contribution >= 4 is 42.5 Å². The van der Waals surface area contributed by atoms with Gasteiger partial charge in [0.15, 0.2) is 44.5 Å². The number of ether oxygens (including phenoxy) is 14. The van der Waals surface area contributed by atoms with Gasteiger partial charge in [0.1, 0.15) is 40.2 Å². The standard InChI is InChI=1S/C18H26O2.C18H20O2.C16H22O2.C14H20O2.C13H18O2.C12H16O2.C10H12O2/c2*1-3-16-9-11-18(12-10-16)20-15(2)19-14-13-17-7-5-4-6-8-17;1-3-14-9-11-16(12-10-14)18-13(2)17-15-7-5-4-6-8-15;1-5-13-6-8-14(9-7-13)16-12(4)15-10-11(2)3;1-4-11-7-9-12(10-8-11)15-13(5-2)14-6-3;1-4-11-6-8-12(9-7-11)14-10(3)13-5-2;1-3-9-4-6-10(7-5-9)12-8-11-2/h3,9-12,15,17H,1,4-8,13-14H2,2H3;3-12,15H,1,13-14H2,2H3;3,9-13,15H,1,4-8H2,2H3;5-9,11-12H,1,10H2,2-4H3;4,7-10,13H,1,5-6H2,2-3H3;4,6-10H,1,5H2,2-3H3;3-7H,1,8H2,2H3. The molecule has 10 rings (SSSR count). The SMILES string of the molecule is C=Cc1ccc(OC(C)OC2CCCCC2)cc1.C=Cc1ccc(OC(C)OCC(C)C)cc1.C=Cc1ccc(OC(C)OCC)cc1.C=Cc1ccc(OC(C)OCCC2CCCCC2)cc1.C=Cc1ccc(OC(C)OCCc2ccccc2)cc1.C=Cc1ccc(OC(CC)OCC)cc1.C=Cc1ccc(OCOC)cc1. The first-order valence-corrected chi connectivity index (χ1v) is 40.8. The molecule has 622 valence electrons. The van der Waals surface area contributed by atoms with Gasteiger partial charge in [-0.3, -0.25) is 0 Å². The maximum atomic E-state index is 5.91. The average Bonchev–Trinajstić information content (AvgIpc) is 0.902. The molecule has 0 spiro atoms. The highest BCUT2D eigenvalue weighted by Crippen LogP contribution is 2.28. The van der Waals surface area contributed by atoms with E-state index in [0.29, 0.717) is 38.4 Å². The van der Waals surface area contributed by atoms with Crippen LogP contribution in [0.25, 0.3) is 42.5 Å². The Balaban J connectivity index is 0.000000284. The van der Waals surface area contributed by atoms with Gasteiger partial charge in [0.25, 0.3) is 0 Å². The zero-order valence-electron chi connectivity index (χ0n) is 70.9. The fourth-order valence-corrected chi connectivity index (χ4v) is 11.5. The smallest absolute Gasteiger partial charge is 0.199 e. The Morgan fingerprint density at radius 3 is 1.00 bits per heavy atom. The monoisotopic (exact) mass is 1570 g/mol. The summed E-state index contributed by atoms with van der Waals surface area (Å²) in [6.45, 7) is 49.5. The molecule has 14 heteroatoms. The molecular weight excluding hydrogens is 1440 g/mol. The molecule has 0 aromatic heterocycles. The van der Waals surface area contributed by atoms with Gasteiger partial charge in [0, 0.05) is 26.7 Å². The Hall–Kier alpha value is -9.74. The van der Waals surface area contributed by atoms with E-state index in [1.165, 1.54) is 76.2 Å². The Morgan fingerprint density at radius 1 is 0.339 bits per heavy atom. The average molecular weight is 1570 g/mol. The second-order valence-electron chi connectivity index (χ2n) is 27.6. The summed E-state index contributed by atoms with van der Waals surface area (Å²) in [7, 11) is 1.60.